The van der Waals surface area contributed by atoms with Crippen LogP contribution in [0.15, 0.2) is 60.0 Å². The van der Waals surface area contributed by atoms with Crippen LogP contribution in [0.25, 0.3) is 0 Å². The van der Waals surface area contributed by atoms with Gasteiger partial charge in [-0.05, 0) is 53.6 Å². The number of nitrogens with zero attached hydrogens (tertiary/aromatic N) is 1. The summed E-state index contributed by atoms with van der Waals surface area (Å²) in [6.45, 7) is 0.677. The van der Waals surface area contributed by atoms with Crippen LogP contribution in [0.3, 0.4) is 0 Å². The normalized spacial score (nSPS) is 15.2. The van der Waals surface area contributed by atoms with Gasteiger partial charge in [-0.25, -0.2) is 0 Å². The van der Waals surface area contributed by atoms with Crippen LogP contribution in [-0.2, 0) is 20.9 Å². The van der Waals surface area contributed by atoms with Crippen molar-refractivity contribution in [2.75, 3.05) is 33.9 Å². The highest BCUT2D eigenvalue weighted by Crippen LogP contribution is 2.33. The highest BCUT2D eigenvalue weighted by atomic mass is 35.5. The number of carbonyl (C=O) groups excluding carboxylic acids is 3. The quantitative estimate of drug-likeness (QED) is 0.330. The third kappa shape index (κ3) is 7.32. The lowest BCUT2D eigenvalue weighted by Crippen LogP contribution is -2.48. The van der Waals surface area contributed by atoms with Crippen molar-refractivity contribution in [1.82, 2.24) is 15.5 Å². The Labute approximate surface area is 242 Å². The van der Waals surface area contributed by atoms with Crippen LogP contribution in [0.4, 0.5) is 0 Å². The van der Waals surface area contributed by atoms with Crippen molar-refractivity contribution in [1.29, 1.82) is 0 Å². The molecule has 1 aliphatic heterocycles. The summed E-state index contributed by atoms with van der Waals surface area (Å²) >= 11 is 7.75. The molecule has 1 aromatic heterocycles. The molecule has 2 N–H and O–H groups in total. The minimum atomic E-state index is -1.07. The Bertz CT molecular complexity index is 1310. The van der Waals surface area contributed by atoms with Crippen molar-refractivity contribution in [3.8, 4) is 11.5 Å². The van der Waals surface area contributed by atoms with Crippen molar-refractivity contribution < 1.29 is 28.6 Å². The Morgan fingerprint density at radius 2 is 1.88 bits per heavy atom. The molecule has 0 aliphatic carbocycles. The summed E-state index contributed by atoms with van der Waals surface area (Å²) in [5.41, 5.74) is 1.16. The van der Waals surface area contributed by atoms with Crippen LogP contribution in [0.2, 0.25) is 5.02 Å². The minimum Gasteiger partial charge on any atom is -0.493 e. The van der Waals surface area contributed by atoms with Crippen molar-refractivity contribution in [2.24, 2.45) is 0 Å². The molecule has 2 heterocycles. The van der Waals surface area contributed by atoms with Crippen molar-refractivity contribution in [3.05, 3.63) is 81.0 Å². The first-order valence-corrected chi connectivity index (χ1v) is 14.1. The molecule has 0 bridgehead atoms. The topological polar surface area (TPSA) is 106 Å². The Morgan fingerprint density at radius 3 is 2.55 bits per heavy atom. The van der Waals surface area contributed by atoms with Crippen molar-refractivity contribution >= 4 is 40.7 Å². The number of nitrogens with one attached hydrogen (secondary N) is 2. The maximum absolute atomic E-state index is 13.8. The summed E-state index contributed by atoms with van der Waals surface area (Å²) in [7, 11) is 3.02. The van der Waals surface area contributed by atoms with Gasteiger partial charge in [0.25, 0.3) is 5.91 Å². The number of thiophene rings is 1. The summed E-state index contributed by atoms with van der Waals surface area (Å²) in [5.74, 6) is -0.332. The molecule has 4 rings (SSSR count). The molecule has 1 fully saturated rings. The van der Waals surface area contributed by atoms with E-state index in [1.807, 2.05) is 6.07 Å². The molecule has 2 atom stereocenters. The lowest BCUT2D eigenvalue weighted by Gasteiger charge is -2.32. The van der Waals surface area contributed by atoms with E-state index in [0.29, 0.717) is 45.7 Å². The monoisotopic (exact) mass is 585 g/mol. The molecule has 0 radical (unpaired) electrons. The van der Waals surface area contributed by atoms with Gasteiger partial charge in [0.2, 0.25) is 11.8 Å². The van der Waals surface area contributed by atoms with E-state index in [-0.39, 0.29) is 25.1 Å². The van der Waals surface area contributed by atoms with Gasteiger partial charge in [0, 0.05) is 24.7 Å². The van der Waals surface area contributed by atoms with E-state index in [0.717, 1.165) is 12.8 Å². The Hall–Kier alpha value is -3.60. The number of methoxy groups -OCH3 is 2. The molecular weight excluding hydrogens is 554 g/mol. The minimum absolute atomic E-state index is 0.0275. The maximum Gasteiger partial charge on any atom is 0.261 e. The summed E-state index contributed by atoms with van der Waals surface area (Å²) in [5, 5.41) is 7.88. The molecule has 0 saturated carbocycles. The van der Waals surface area contributed by atoms with Crippen LogP contribution >= 0.6 is 22.9 Å². The second kappa shape index (κ2) is 14.2. The molecule has 1 aliphatic rings. The van der Waals surface area contributed by atoms with E-state index in [2.05, 4.69) is 10.6 Å². The van der Waals surface area contributed by atoms with Crippen molar-refractivity contribution in [3.63, 3.8) is 0 Å². The van der Waals surface area contributed by atoms with E-state index in [4.69, 9.17) is 25.8 Å². The third-order valence-electron chi connectivity index (χ3n) is 6.58. The third-order valence-corrected chi connectivity index (χ3v) is 7.81. The SMILES string of the molecule is COc1ccc([C@H](C(=O)NC[C@H]2CCCO2)N(Cc2ccccc2Cl)C(=O)CNC(=O)c2cccs2)cc1OC. The Kier molecular flexibility index (Phi) is 10.4. The summed E-state index contributed by atoms with van der Waals surface area (Å²) in [6, 6.07) is 14.6. The van der Waals surface area contributed by atoms with Gasteiger partial charge in [-0.2, -0.15) is 0 Å². The van der Waals surface area contributed by atoms with Gasteiger partial charge >= 0.3 is 0 Å². The molecule has 0 spiro atoms. The number of halogens is 1. The van der Waals surface area contributed by atoms with Gasteiger partial charge in [-0.15, -0.1) is 11.3 Å². The molecule has 212 valence electrons. The van der Waals surface area contributed by atoms with Crippen molar-refractivity contribution in [2.45, 2.75) is 31.5 Å². The Morgan fingerprint density at radius 1 is 1.07 bits per heavy atom. The van der Waals surface area contributed by atoms with Crippen LogP contribution < -0.4 is 20.1 Å². The summed E-state index contributed by atoms with van der Waals surface area (Å²) < 4.78 is 16.5. The molecule has 2 aromatic carbocycles. The molecule has 3 aromatic rings. The number of hydrogen-bond donors (Lipinski definition) is 2. The second-order valence-corrected chi connectivity index (χ2v) is 10.5. The standard InChI is InChI=1S/C29H32ClN3O6S/c1-37-23-12-11-19(15-24(23)38-2)27(29(36)31-16-21-8-5-13-39-21)33(18-20-7-3-4-9-22(20)30)26(34)17-32-28(35)25-10-6-14-40-25/h3-4,6-7,9-12,14-15,21,27H,5,8,13,16-18H2,1-2H3,(H,31,36)(H,32,35)/t21-,27-/m1/s1. The number of carbonyl (C=O) groups is 3. The van der Waals surface area contributed by atoms with Gasteiger partial charge in [-0.1, -0.05) is 41.9 Å². The first kappa shape index (κ1) is 29.4. The van der Waals surface area contributed by atoms with Gasteiger partial charge in [0.05, 0.1) is 31.7 Å². The van der Waals surface area contributed by atoms with Gasteiger partial charge in [0.1, 0.15) is 6.04 Å². The van der Waals surface area contributed by atoms with Crippen LogP contribution in [0, 0.1) is 0 Å². The fourth-order valence-electron chi connectivity index (χ4n) is 4.50. The molecule has 0 unspecified atom stereocenters. The molecule has 3 amide bonds. The van der Waals surface area contributed by atoms with Crippen LogP contribution in [0.5, 0.6) is 11.5 Å². The molecule has 9 nitrogen and oxygen atoms in total. The lowest BCUT2D eigenvalue weighted by molar-refractivity contribution is -0.141. The number of ether oxygens (including phenoxy) is 3. The first-order valence-electron chi connectivity index (χ1n) is 12.9. The van der Waals surface area contributed by atoms with E-state index in [1.54, 1.807) is 53.9 Å². The number of benzene rings is 2. The highest BCUT2D eigenvalue weighted by molar-refractivity contribution is 7.12. The van der Waals surface area contributed by atoms with Gasteiger partial charge in [0.15, 0.2) is 11.5 Å². The summed E-state index contributed by atoms with van der Waals surface area (Å²) in [4.78, 5) is 42.2. The van der Waals surface area contributed by atoms with E-state index < -0.39 is 17.9 Å². The maximum atomic E-state index is 13.8. The zero-order chi connectivity index (χ0) is 28.5. The summed E-state index contributed by atoms with van der Waals surface area (Å²) in [6.07, 6.45) is 1.69. The van der Waals surface area contributed by atoms with E-state index >= 15 is 0 Å². The van der Waals surface area contributed by atoms with Gasteiger partial charge < -0.3 is 29.7 Å². The molecule has 11 heteroatoms. The second-order valence-electron chi connectivity index (χ2n) is 9.17. The molecule has 40 heavy (non-hydrogen) atoms. The fourth-order valence-corrected chi connectivity index (χ4v) is 5.33. The zero-order valence-corrected chi connectivity index (χ0v) is 23.9. The number of hydrogen-bond acceptors (Lipinski definition) is 7. The first-order chi connectivity index (χ1) is 19.4. The van der Waals surface area contributed by atoms with Crippen LogP contribution in [0.1, 0.15) is 39.7 Å². The number of amides is 3. The fraction of sp³-hybridized carbons (Fsp3) is 0.345. The average Bonchev–Trinajstić information content (AvgIpc) is 3.70. The van der Waals surface area contributed by atoms with E-state index in [9.17, 15) is 14.4 Å². The number of rotatable bonds is 12. The highest BCUT2D eigenvalue weighted by Gasteiger charge is 2.33. The van der Waals surface area contributed by atoms with Crippen LogP contribution in [-0.4, -0.2) is 62.6 Å². The predicted octanol–water partition coefficient (Wildman–Crippen LogP) is 4.21. The smallest absolute Gasteiger partial charge is 0.261 e. The molecule has 1 saturated heterocycles. The largest absolute Gasteiger partial charge is 0.493 e. The van der Waals surface area contributed by atoms with E-state index in [1.165, 1.54) is 30.5 Å². The van der Waals surface area contributed by atoms with Gasteiger partial charge in [-0.3, -0.25) is 14.4 Å². The Balaban J connectivity index is 1.69. The molecular formula is C29H32ClN3O6S. The average molecular weight is 586 g/mol. The zero-order valence-electron chi connectivity index (χ0n) is 22.4. The lowest BCUT2D eigenvalue weighted by atomic mass is 10.0. The predicted molar refractivity (Wildman–Crippen MR) is 153 cm³/mol.